The zero-order chi connectivity index (χ0) is 17.2. The maximum Gasteiger partial charge on any atom is 0.161 e. The molecule has 3 aromatic rings. The largest absolute Gasteiger partial charge is 0.486 e. The molecule has 2 aromatic carbocycles. The Kier molecular flexibility index (Phi) is 4.32. The zero-order valence-corrected chi connectivity index (χ0v) is 14.7. The average Bonchev–Trinajstić information content (AvgIpc) is 3.03. The van der Waals surface area contributed by atoms with Crippen molar-refractivity contribution in [3.05, 3.63) is 53.9 Å². The Morgan fingerprint density at radius 2 is 1.92 bits per heavy atom. The molecule has 2 heterocycles. The van der Waals surface area contributed by atoms with Gasteiger partial charge in [0.15, 0.2) is 11.5 Å². The van der Waals surface area contributed by atoms with E-state index in [1.807, 2.05) is 12.1 Å². The van der Waals surface area contributed by atoms with E-state index >= 15 is 0 Å². The topological polar surface area (TPSA) is 48.3 Å². The van der Waals surface area contributed by atoms with Gasteiger partial charge in [0.05, 0.1) is 17.6 Å². The molecule has 25 heavy (non-hydrogen) atoms. The number of fused-ring (bicyclic) bond motifs is 2. The normalized spacial score (nSPS) is 14.6. The summed E-state index contributed by atoms with van der Waals surface area (Å²) in [7, 11) is 0. The number of rotatable bonds is 5. The Morgan fingerprint density at radius 3 is 2.76 bits per heavy atom. The molecule has 1 atom stereocenters. The highest BCUT2D eigenvalue weighted by Crippen LogP contribution is 2.32. The van der Waals surface area contributed by atoms with Crippen molar-refractivity contribution >= 4 is 11.0 Å². The van der Waals surface area contributed by atoms with Gasteiger partial charge in [-0.1, -0.05) is 18.2 Å². The van der Waals surface area contributed by atoms with Crippen molar-refractivity contribution in [3.8, 4) is 11.5 Å². The van der Waals surface area contributed by atoms with Crippen LogP contribution in [0.5, 0.6) is 11.5 Å². The quantitative estimate of drug-likeness (QED) is 0.771. The molecule has 1 aromatic heterocycles. The van der Waals surface area contributed by atoms with Crippen LogP contribution in [0.2, 0.25) is 0 Å². The lowest BCUT2D eigenvalue weighted by atomic mass is 10.1. The first-order valence-electron chi connectivity index (χ1n) is 8.83. The third-order valence-electron chi connectivity index (χ3n) is 4.68. The highest BCUT2D eigenvalue weighted by molar-refractivity contribution is 5.75. The van der Waals surface area contributed by atoms with Gasteiger partial charge in [-0.05, 0) is 43.7 Å². The van der Waals surface area contributed by atoms with Crippen LogP contribution in [-0.2, 0) is 13.1 Å². The molecule has 0 unspecified atom stereocenters. The molecule has 4 rings (SSSR count). The highest BCUT2D eigenvalue weighted by atomic mass is 16.6. The first kappa shape index (κ1) is 16.0. The fourth-order valence-corrected chi connectivity index (χ4v) is 3.30. The summed E-state index contributed by atoms with van der Waals surface area (Å²) >= 11 is 0. The predicted molar refractivity (Wildman–Crippen MR) is 98.1 cm³/mol. The summed E-state index contributed by atoms with van der Waals surface area (Å²) in [6.07, 6.45) is 0. The summed E-state index contributed by atoms with van der Waals surface area (Å²) < 4.78 is 13.5. The fraction of sp³-hybridized carbons (Fsp3) is 0.350. The average molecular weight is 337 g/mol. The maximum absolute atomic E-state index is 5.68. The molecule has 0 amide bonds. The summed E-state index contributed by atoms with van der Waals surface area (Å²) in [4.78, 5) is 4.78. The van der Waals surface area contributed by atoms with E-state index in [-0.39, 0.29) is 6.04 Å². The van der Waals surface area contributed by atoms with Gasteiger partial charge in [-0.3, -0.25) is 0 Å². The molecule has 0 radical (unpaired) electrons. The fourth-order valence-electron chi connectivity index (χ4n) is 3.30. The van der Waals surface area contributed by atoms with Crippen molar-refractivity contribution in [1.29, 1.82) is 0 Å². The van der Waals surface area contributed by atoms with E-state index < -0.39 is 0 Å². The molecule has 0 saturated heterocycles. The third-order valence-corrected chi connectivity index (χ3v) is 4.68. The molecule has 1 aliphatic heterocycles. The molecule has 130 valence electrons. The molecule has 0 bridgehead atoms. The molecule has 1 N–H and O–H groups in total. The van der Waals surface area contributed by atoms with Crippen LogP contribution in [0.15, 0.2) is 42.5 Å². The number of aromatic nitrogens is 2. The number of hydrogen-bond donors (Lipinski definition) is 1. The van der Waals surface area contributed by atoms with Gasteiger partial charge in [0.2, 0.25) is 0 Å². The van der Waals surface area contributed by atoms with E-state index in [1.54, 1.807) is 0 Å². The standard InChI is InChI=1S/C20H23N3O2/c1-3-23-17-7-5-4-6-16(17)22-20(23)13-21-14(2)15-8-9-18-19(12-15)25-11-10-24-18/h4-9,12,14,21H,3,10-11,13H2,1-2H3/t14-/m1/s1. The molecule has 0 aliphatic carbocycles. The van der Waals surface area contributed by atoms with Crippen molar-refractivity contribution in [3.63, 3.8) is 0 Å². The second-order valence-electron chi connectivity index (χ2n) is 6.27. The van der Waals surface area contributed by atoms with Gasteiger partial charge in [0, 0.05) is 12.6 Å². The second-order valence-corrected chi connectivity index (χ2v) is 6.27. The molecule has 1 aliphatic rings. The van der Waals surface area contributed by atoms with Crippen LogP contribution in [0.25, 0.3) is 11.0 Å². The minimum absolute atomic E-state index is 0.195. The SMILES string of the molecule is CCn1c(CN[C@H](C)c2ccc3c(c2)OCCO3)nc2ccccc21. The number of ether oxygens (including phenoxy) is 2. The first-order valence-corrected chi connectivity index (χ1v) is 8.83. The smallest absolute Gasteiger partial charge is 0.161 e. The van der Waals surface area contributed by atoms with E-state index in [0.29, 0.717) is 13.2 Å². The number of benzene rings is 2. The van der Waals surface area contributed by atoms with Crippen LogP contribution < -0.4 is 14.8 Å². The molecule has 0 fully saturated rings. The van der Waals surface area contributed by atoms with Crippen LogP contribution in [0.4, 0.5) is 0 Å². The molecule has 0 spiro atoms. The van der Waals surface area contributed by atoms with Crippen molar-refractivity contribution in [1.82, 2.24) is 14.9 Å². The number of para-hydroxylation sites is 2. The summed E-state index contributed by atoms with van der Waals surface area (Å²) in [6.45, 7) is 7.17. The van der Waals surface area contributed by atoms with Gasteiger partial charge in [0.1, 0.15) is 19.0 Å². The Labute approximate surface area is 147 Å². The van der Waals surface area contributed by atoms with E-state index in [9.17, 15) is 0 Å². The lowest BCUT2D eigenvalue weighted by molar-refractivity contribution is 0.171. The van der Waals surface area contributed by atoms with Gasteiger partial charge >= 0.3 is 0 Å². The molecular weight excluding hydrogens is 314 g/mol. The lowest BCUT2D eigenvalue weighted by Gasteiger charge is -2.21. The molecular formula is C20H23N3O2. The van der Waals surface area contributed by atoms with Crippen molar-refractivity contribution in [2.45, 2.75) is 33.0 Å². The molecule has 5 nitrogen and oxygen atoms in total. The Hall–Kier alpha value is -2.53. The van der Waals surface area contributed by atoms with Crippen LogP contribution in [0.3, 0.4) is 0 Å². The van der Waals surface area contributed by atoms with Gasteiger partial charge in [-0.25, -0.2) is 4.98 Å². The second kappa shape index (κ2) is 6.76. The summed E-state index contributed by atoms with van der Waals surface area (Å²) in [5, 5.41) is 3.58. The van der Waals surface area contributed by atoms with Crippen LogP contribution >= 0.6 is 0 Å². The minimum Gasteiger partial charge on any atom is -0.486 e. The van der Waals surface area contributed by atoms with Crippen molar-refractivity contribution < 1.29 is 9.47 Å². The van der Waals surface area contributed by atoms with Gasteiger partial charge in [-0.2, -0.15) is 0 Å². The zero-order valence-electron chi connectivity index (χ0n) is 14.7. The number of aryl methyl sites for hydroxylation is 1. The van der Waals surface area contributed by atoms with Crippen LogP contribution in [-0.4, -0.2) is 22.8 Å². The van der Waals surface area contributed by atoms with Crippen LogP contribution in [0, 0.1) is 0 Å². The summed E-state index contributed by atoms with van der Waals surface area (Å²) in [5.74, 6) is 2.72. The monoisotopic (exact) mass is 337 g/mol. The number of nitrogens with zero attached hydrogens (tertiary/aromatic N) is 2. The number of imidazole rings is 1. The summed E-state index contributed by atoms with van der Waals surface area (Å²) in [5.41, 5.74) is 3.42. The van der Waals surface area contributed by atoms with E-state index in [4.69, 9.17) is 14.5 Å². The van der Waals surface area contributed by atoms with E-state index in [0.717, 1.165) is 35.9 Å². The first-order chi connectivity index (χ1) is 12.3. The Morgan fingerprint density at radius 1 is 1.12 bits per heavy atom. The van der Waals surface area contributed by atoms with Gasteiger partial charge in [0.25, 0.3) is 0 Å². The number of nitrogens with one attached hydrogen (secondary N) is 1. The maximum atomic E-state index is 5.68. The minimum atomic E-state index is 0.195. The predicted octanol–water partition coefficient (Wildman–Crippen LogP) is 3.68. The lowest BCUT2D eigenvalue weighted by Crippen LogP contribution is -2.21. The van der Waals surface area contributed by atoms with Gasteiger partial charge < -0.3 is 19.4 Å². The Balaban J connectivity index is 1.51. The van der Waals surface area contributed by atoms with Gasteiger partial charge in [-0.15, -0.1) is 0 Å². The third kappa shape index (κ3) is 3.07. The van der Waals surface area contributed by atoms with E-state index in [2.05, 4.69) is 54.1 Å². The van der Waals surface area contributed by atoms with Crippen molar-refractivity contribution in [2.75, 3.05) is 13.2 Å². The van der Waals surface area contributed by atoms with Crippen molar-refractivity contribution in [2.24, 2.45) is 0 Å². The summed E-state index contributed by atoms with van der Waals surface area (Å²) in [6, 6.07) is 14.6. The highest BCUT2D eigenvalue weighted by Gasteiger charge is 2.15. The number of hydrogen-bond acceptors (Lipinski definition) is 4. The Bertz CT molecular complexity index is 888. The van der Waals surface area contributed by atoms with Crippen LogP contribution in [0.1, 0.15) is 31.3 Å². The molecule has 0 saturated carbocycles. The molecule has 5 heteroatoms. The van der Waals surface area contributed by atoms with E-state index in [1.165, 1.54) is 11.1 Å².